The molecule has 2 N–H and O–H groups in total. The van der Waals surface area contributed by atoms with Gasteiger partial charge in [-0.15, -0.1) is 0 Å². The number of hydrogen-bond acceptors (Lipinski definition) is 3. The molecule has 9 heteroatoms. The molecule has 0 aliphatic carbocycles. The summed E-state index contributed by atoms with van der Waals surface area (Å²) in [5, 5.41) is 6.90. The minimum Gasteiger partial charge on any atom is -0.347 e. The van der Waals surface area contributed by atoms with Crippen molar-refractivity contribution in [1.82, 2.24) is 14.0 Å². The number of imidazole rings is 1. The minimum atomic E-state index is -4.52. The van der Waals surface area contributed by atoms with Crippen LogP contribution < -0.4 is 10.6 Å². The Hall–Kier alpha value is -4.27. The molecule has 0 saturated heterocycles. The summed E-state index contributed by atoms with van der Waals surface area (Å²) < 4.78 is 42.4. The number of carbonyl (C=O) groups is 1. The van der Waals surface area contributed by atoms with Crippen LogP contribution in [0.3, 0.4) is 0 Å². The number of nitrogens with zero attached hydrogens (tertiary/aromatic N) is 3. The van der Waals surface area contributed by atoms with E-state index in [1.807, 2.05) is 42.8 Å². The SMILES string of the molecule is Cc1c(C(=O)Nc2ccc(Nc3cccc4nc(C(F)(F)F)cn34)cc2)c2ccccc2n1C. The first-order valence-corrected chi connectivity index (χ1v) is 10.5. The van der Waals surface area contributed by atoms with Gasteiger partial charge in [0.05, 0.1) is 5.56 Å². The number of aromatic nitrogens is 3. The van der Waals surface area contributed by atoms with E-state index in [0.29, 0.717) is 22.8 Å². The van der Waals surface area contributed by atoms with Crippen molar-refractivity contribution in [3.8, 4) is 0 Å². The summed E-state index contributed by atoms with van der Waals surface area (Å²) in [7, 11) is 1.92. The van der Waals surface area contributed by atoms with E-state index in [4.69, 9.17) is 0 Å². The molecule has 0 unspecified atom stereocenters. The van der Waals surface area contributed by atoms with Crippen molar-refractivity contribution in [3.05, 3.63) is 89.9 Å². The summed E-state index contributed by atoms with van der Waals surface area (Å²) in [5.74, 6) is 0.224. The highest BCUT2D eigenvalue weighted by atomic mass is 19.4. The zero-order valence-electron chi connectivity index (χ0n) is 18.3. The second-order valence-electron chi connectivity index (χ2n) is 7.96. The van der Waals surface area contributed by atoms with E-state index in [2.05, 4.69) is 15.6 Å². The van der Waals surface area contributed by atoms with Gasteiger partial charge in [0.2, 0.25) is 0 Å². The van der Waals surface area contributed by atoms with Crippen LogP contribution >= 0.6 is 0 Å². The van der Waals surface area contributed by atoms with Crippen LogP contribution in [0.1, 0.15) is 21.7 Å². The van der Waals surface area contributed by atoms with E-state index >= 15 is 0 Å². The number of para-hydroxylation sites is 1. The molecule has 0 bridgehead atoms. The summed E-state index contributed by atoms with van der Waals surface area (Å²) in [5.41, 5.74) is 2.94. The predicted octanol–water partition coefficient (Wildman–Crippen LogP) is 6.15. The van der Waals surface area contributed by atoms with Crippen molar-refractivity contribution in [2.75, 3.05) is 10.6 Å². The summed E-state index contributed by atoms with van der Waals surface area (Å²) in [6, 6.07) is 19.5. The van der Waals surface area contributed by atoms with Crippen LogP contribution in [0.4, 0.5) is 30.4 Å². The number of hydrogen-bond donors (Lipinski definition) is 2. The van der Waals surface area contributed by atoms with Crippen molar-refractivity contribution in [3.63, 3.8) is 0 Å². The number of anilines is 3. The molecule has 3 heterocycles. The molecule has 1 amide bonds. The van der Waals surface area contributed by atoms with Gasteiger partial charge in [0.25, 0.3) is 5.91 Å². The van der Waals surface area contributed by atoms with Gasteiger partial charge in [0.1, 0.15) is 11.5 Å². The Balaban J connectivity index is 1.37. The molecule has 5 rings (SSSR count). The number of alkyl halides is 3. The van der Waals surface area contributed by atoms with Crippen LogP contribution in [-0.4, -0.2) is 19.9 Å². The Morgan fingerprint density at radius 2 is 1.65 bits per heavy atom. The molecule has 0 aliphatic rings. The van der Waals surface area contributed by atoms with Gasteiger partial charge in [0, 0.05) is 41.2 Å². The highest BCUT2D eigenvalue weighted by molar-refractivity contribution is 6.14. The van der Waals surface area contributed by atoms with Crippen molar-refractivity contribution in [2.45, 2.75) is 13.1 Å². The number of nitrogens with one attached hydrogen (secondary N) is 2. The molecule has 0 fully saturated rings. The summed E-state index contributed by atoms with van der Waals surface area (Å²) in [6.45, 7) is 1.91. The molecule has 5 aromatic rings. The fourth-order valence-electron chi connectivity index (χ4n) is 4.03. The quantitative estimate of drug-likeness (QED) is 0.336. The summed E-state index contributed by atoms with van der Waals surface area (Å²) in [6.07, 6.45) is -3.57. The number of halogens is 3. The summed E-state index contributed by atoms with van der Waals surface area (Å²) >= 11 is 0. The highest BCUT2D eigenvalue weighted by Crippen LogP contribution is 2.30. The number of aryl methyl sites for hydroxylation is 1. The van der Waals surface area contributed by atoms with Gasteiger partial charge < -0.3 is 15.2 Å². The first-order chi connectivity index (χ1) is 16.2. The van der Waals surface area contributed by atoms with Gasteiger partial charge in [-0.2, -0.15) is 13.2 Å². The standard InChI is InChI=1S/C25H20F3N5O/c1-15-23(18-6-3-4-7-19(18)32(15)2)24(34)30-17-12-10-16(11-13-17)29-21-8-5-9-22-31-20(14-33(21)22)25(26,27)28/h3-14,29H,1-2H3,(H,30,34). The predicted molar refractivity (Wildman–Crippen MR) is 126 cm³/mol. The van der Waals surface area contributed by atoms with Crippen LogP contribution in [0.5, 0.6) is 0 Å². The van der Waals surface area contributed by atoms with Gasteiger partial charge in [-0.25, -0.2) is 4.98 Å². The number of fused-ring (bicyclic) bond motifs is 2. The number of amides is 1. The lowest BCUT2D eigenvalue weighted by Gasteiger charge is -2.10. The van der Waals surface area contributed by atoms with E-state index in [-0.39, 0.29) is 11.6 Å². The third-order valence-corrected chi connectivity index (χ3v) is 5.82. The second-order valence-corrected chi connectivity index (χ2v) is 7.96. The number of carbonyl (C=O) groups excluding carboxylic acids is 1. The summed E-state index contributed by atoms with van der Waals surface area (Å²) in [4.78, 5) is 16.7. The molecule has 2 aromatic carbocycles. The lowest BCUT2D eigenvalue weighted by atomic mass is 10.1. The lowest BCUT2D eigenvalue weighted by molar-refractivity contribution is -0.140. The Labute approximate surface area is 192 Å². The van der Waals surface area contributed by atoms with Gasteiger partial charge in [-0.05, 0) is 49.4 Å². The molecule has 34 heavy (non-hydrogen) atoms. The van der Waals surface area contributed by atoms with E-state index in [1.54, 1.807) is 36.4 Å². The second kappa shape index (κ2) is 7.95. The number of benzene rings is 2. The Morgan fingerprint density at radius 1 is 0.941 bits per heavy atom. The van der Waals surface area contributed by atoms with Gasteiger partial charge in [-0.3, -0.25) is 9.20 Å². The largest absolute Gasteiger partial charge is 0.434 e. The monoisotopic (exact) mass is 463 g/mol. The number of rotatable bonds is 4. The van der Waals surface area contributed by atoms with Gasteiger partial charge >= 0.3 is 6.18 Å². The van der Waals surface area contributed by atoms with Gasteiger partial charge in [0.15, 0.2) is 5.69 Å². The Morgan fingerprint density at radius 3 is 2.38 bits per heavy atom. The smallest absolute Gasteiger partial charge is 0.347 e. The Bertz CT molecular complexity index is 1530. The molecule has 172 valence electrons. The van der Waals surface area contributed by atoms with Crippen LogP contribution in [0.15, 0.2) is 72.9 Å². The zero-order valence-corrected chi connectivity index (χ0v) is 18.3. The van der Waals surface area contributed by atoms with Crippen LogP contribution in [0, 0.1) is 6.92 Å². The molecular formula is C25H20F3N5O. The normalized spacial score (nSPS) is 11.8. The maximum atomic E-state index is 13.0. The minimum absolute atomic E-state index is 0.187. The van der Waals surface area contributed by atoms with Crippen molar-refractivity contribution >= 4 is 39.6 Å². The molecule has 0 radical (unpaired) electrons. The fraction of sp³-hybridized carbons (Fsp3) is 0.120. The van der Waals surface area contributed by atoms with Crippen molar-refractivity contribution in [2.24, 2.45) is 7.05 Å². The third kappa shape index (κ3) is 3.75. The van der Waals surface area contributed by atoms with E-state index < -0.39 is 11.9 Å². The average molecular weight is 463 g/mol. The van der Waals surface area contributed by atoms with Crippen molar-refractivity contribution in [1.29, 1.82) is 0 Å². The Kier molecular flexibility index (Phi) is 5.04. The average Bonchev–Trinajstić information content (AvgIpc) is 3.36. The number of pyridine rings is 1. The lowest BCUT2D eigenvalue weighted by Crippen LogP contribution is -2.13. The topological polar surface area (TPSA) is 63.4 Å². The maximum Gasteiger partial charge on any atom is 0.434 e. The first-order valence-electron chi connectivity index (χ1n) is 10.5. The van der Waals surface area contributed by atoms with Gasteiger partial charge in [-0.1, -0.05) is 24.3 Å². The third-order valence-electron chi connectivity index (χ3n) is 5.82. The zero-order chi connectivity index (χ0) is 24.0. The highest BCUT2D eigenvalue weighted by Gasteiger charge is 2.34. The first kappa shape index (κ1) is 21.6. The molecular weight excluding hydrogens is 443 g/mol. The van der Waals surface area contributed by atoms with Crippen molar-refractivity contribution < 1.29 is 18.0 Å². The van der Waals surface area contributed by atoms with E-state index in [9.17, 15) is 18.0 Å². The molecule has 3 aromatic heterocycles. The van der Waals surface area contributed by atoms with Crippen LogP contribution in [0.25, 0.3) is 16.6 Å². The van der Waals surface area contributed by atoms with Crippen LogP contribution in [0.2, 0.25) is 0 Å². The maximum absolute atomic E-state index is 13.0. The van der Waals surface area contributed by atoms with E-state index in [1.165, 1.54) is 10.5 Å². The molecule has 0 aliphatic heterocycles. The molecule has 0 saturated carbocycles. The fourth-order valence-corrected chi connectivity index (χ4v) is 4.03. The molecule has 0 atom stereocenters. The molecule has 0 spiro atoms. The van der Waals surface area contributed by atoms with E-state index in [0.717, 1.165) is 22.8 Å². The molecule has 6 nitrogen and oxygen atoms in total. The van der Waals surface area contributed by atoms with Crippen LogP contribution in [-0.2, 0) is 13.2 Å².